The maximum absolute atomic E-state index is 14.7. The molecule has 22 heteroatoms. The van der Waals surface area contributed by atoms with Gasteiger partial charge in [-0.25, -0.2) is 24.2 Å². The van der Waals surface area contributed by atoms with Crippen molar-refractivity contribution >= 4 is 52.4 Å². The topological polar surface area (TPSA) is 318 Å². The van der Waals surface area contributed by atoms with Crippen LogP contribution in [0, 0.1) is 5.92 Å². The molecule has 1 fully saturated rings. The quantitative estimate of drug-likeness (QED) is 0.0586. The van der Waals surface area contributed by atoms with E-state index in [0.717, 1.165) is 23.1 Å². The Kier molecular flexibility index (Phi) is 15.4. The van der Waals surface area contributed by atoms with E-state index in [9.17, 15) is 54.0 Å². The highest BCUT2D eigenvalue weighted by molar-refractivity contribution is 6.00. The van der Waals surface area contributed by atoms with Crippen LogP contribution in [0.1, 0.15) is 101 Å². The molecule has 73 heavy (non-hydrogen) atoms. The lowest BCUT2D eigenvalue weighted by Gasteiger charge is -2.38. The fourth-order valence-corrected chi connectivity index (χ4v) is 8.95. The van der Waals surface area contributed by atoms with E-state index in [1.807, 2.05) is 38.1 Å². The number of cyclic esters (lactones) is 1. The zero-order valence-corrected chi connectivity index (χ0v) is 42.0. The Morgan fingerprint density at radius 1 is 0.959 bits per heavy atom. The molecule has 392 valence electrons. The van der Waals surface area contributed by atoms with Gasteiger partial charge in [-0.05, 0) is 90.1 Å². The second kappa shape index (κ2) is 20.9. The van der Waals surface area contributed by atoms with Crippen LogP contribution in [0.2, 0.25) is 0 Å². The van der Waals surface area contributed by atoms with Crippen LogP contribution in [0.4, 0.5) is 10.5 Å². The van der Waals surface area contributed by atoms with Crippen LogP contribution in [-0.2, 0) is 63.3 Å². The molecule has 4 aromatic rings. The maximum Gasteiger partial charge on any atom is 0.410 e. The highest BCUT2D eigenvalue weighted by atomic mass is 16.7. The molecule has 0 unspecified atom stereocenters. The van der Waals surface area contributed by atoms with Gasteiger partial charge in [0.2, 0.25) is 23.7 Å². The van der Waals surface area contributed by atoms with Gasteiger partial charge in [0.15, 0.2) is 6.10 Å². The Bertz CT molecular complexity index is 2910. The molecule has 2 aromatic carbocycles. The molecule has 0 radical (unpaired) electrons. The van der Waals surface area contributed by atoms with Crippen LogP contribution < -0.4 is 26.7 Å². The first-order chi connectivity index (χ1) is 34.3. The summed E-state index contributed by atoms with van der Waals surface area (Å²) in [6.07, 6.45) is -10.9. The van der Waals surface area contributed by atoms with Gasteiger partial charge in [-0.15, -0.1) is 0 Å². The van der Waals surface area contributed by atoms with E-state index >= 15 is 0 Å². The van der Waals surface area contributed by atoms with E-state index in [0.29, 0.717) is 28.9 Å². The van der Waals surface area contributed by atoms with Crippen molar-refractivity contribution in [1.29, 1.82) is 0 Å². The van der Waals surface area contributed by atoms with Crippen LogP contribution in [-0.4, -0.2) is 132 Å². The third-order valence-corrected chi connectivity index (χ3v) is 13.1. The van der Waals surface area contributed by atoms with E-state index in [4.69, 9.17) is 34.4 Å². The number of pyridine rings is 2. The zero-order chi connectivity index (χ0) is 53.6. The molecule has 0 bridgehead atoms. The summed E-state index contributed by atoms with van der Waals surface area (Å²) in [5.41, 5.74) is 4.76. The summed E-state index contributed by atoms with van der Waals surface area (Å²) < 4.78 is 30.2. The average Bonchev–Trinajstić information content (AvgIpc) is 3.69. The molecule has 3 amide bonds. The number of rotatable bonds is 15. The Labute approximate surface area is 419 Å². The summed E-state index contributed by atoms with van der Waals surface area (Å²) in [5, 5.41) is 47.5. The molecule has 22 nitrogen and oxygen atoms in total. The van der Waals surface area contributed by atoms with Gasteiger partial charge in [-0.3, -0.25) is 14.4 Å². The molecule has 2 aromatic heterocycles. The number of aromatic nitrogens is 2. The minimum absolute atomic E-state index is 0.0168. The number of para-hydroxylation sites is 1. The van der Waals surface area contributed by atoms with Crippen LogP contribution in [0.3, 0.4) is 0 Å². The van der Waals surface area contributed by atoms with Crippen molar-refractivity contribution in [2.24, 2.45) is 11.7 Å². The van der Waals surface area contributed by atoms with Gasteiger partial charge < -0.3 is 69.9 Å². The van der Waals surface area contributed by atoms with E-state index in [-0.39, 0.29) is 48.3 Å². The zero-order valence-electron chi connectivity index (χ0n) is 42.0. The summed E-state index contributed by atoms with van der Waals surface area (Å²) in [7, 11) is 0. The van der Waals surface area contributed by atoms with E-state index < -0.39 is 113 Å². The lowest BCUT2D eigenvalue weighted by atomic mass is 9.85. The Hall–Kier alpha value is -6.98. The lowest BCUT2D eigenvalue weighted by molar-refractivity contribution is -0.271. The van der Waals surface area contributed by atoms with Gasteiger partial charge in [0, 0.05) is 40.9 Å². The number of aliphatic hydroxyl groups is 3. The number of benzene rings is 2. The molecule has 3 aliphatic heterocycles. The van der Waals surface area contributed by atoms with Crippen molar-refractivity contribution in [2.45, 2.75) is 148 Å². The number of nitrogens with one attached hydrogen (secondary N) is 2. The summed E-state index contributed by atoms with van der Waals surface area (Å²) in [4.78, 5) is 102. The third-order valence-electron chi connectivity index (χ3n) is 13.1. The number of fused-ring (bicyclic) bond motifs is 5. The normalized spacial score (nSPS) is 22.1. The van der Waals surface area contributed by atoms with Crippen molar-refractivity contribution in [3.63, 3.8) is 0 Å². The van der Waals surface area contributed by atoms with Gasteiger partial charge in [0.05, 0.1) is 35.1 Å². The summed E-state index contributed by atoms with van der Waals surface area (Å²) in [6.45, 7) is 15.4. The van der Waals surface area contributed by atoms with Crippen molar-refractivity contribution in [3.05, 3.63) is 86.7 Å². The minimum atomic E-state index is -2.28. The van der Waals surface area contributed by atoms with Crippen LogP contribution in [0.15, 0.2) is 53.3 Å². The Morgan fingerprint density at radius 3 is 2.30 bits per heavy atom. The predicted molar refractivity (Wildman–Crippen MR) is 260 cm³/mol. The van der Waals surface area contributed by atoms with Crippen LogP contribution in [0.25, 0.3) is 22.3 Å². The molecule has 0 saturated carbocycles. The molecular formula is C51H62N6O16. The number of nitrogens with two attached hydrogens (primary N) is 1. The first-order valence-corrected chi connectivity index (χ1v) is 24.0. The van der Waals surface area contributed by atoms with Crippen molar-refractivity contribution in [2.75, 3.05) is 11.9 Å². The average molecular weight is 1020 g/mol. The molecule has 1 saturated heterocycles. The highest BCUT2D eigenvalue weighted by Crippen LogP contribution is 2.43. The maximum atomic E-state index is 14.7. The molecule has 3 aliphatic rings. The van der Waals surface area contributed by atoms with E-state index in [1.165, 1.54) is 24.5 Å². The summed E-state index contributed by atoms with van der Waals surface area (Å²) in [5.74, 6) is -6.13. The molecular weight excluding hydrogens is 953 g/mol. The van der Waals surface area contributed by atoms with Crippen LogP contribution in [0.5, 0.6) is 5.75 Å². The fraction of sp³-hybridized carbons (Fsp3) is 0.490. The predicted octanol–water partition coefficient (Wildman–Crippen LogP) is 2.83. The van der Waals surface area contributed by atoms with Gasteiger partial charge in [0.1, 0.15) is 47.9 Å². The third kappa shape index (κ3) is 10.6. The van der Waals surface area contributed by atoms with Gasteiger partial charge in [-0.1, -0.05) is 39.0 Å². The number of amides is 3. The first-order valence-electron chi connectivity index (χ1n) is 24.0. The Balaban J connectivity index is 1.27. The number of carbonyl (C=O) groups excluding carboxylic acids is 5. The summed E-state index contributed by atoms with van der Waals surface area (Å²) >= 11 is 0. The number of anilines is 1. The molecule has 0 aliphatic carbocycles. The number of carbonyl (C=O) groups is 6. The minimum Gasteiger partial charge on any atom is -0.479 e. The van der Waals surface area contributed by atoms with E-state index in [2.05, 4.69) is 10.6 Å². The fourth-order valence-electron chi connectivity index (χ4n) is 8.95. The molecule has 0 spiro atoms. The number of hydrogen-bond acceptors (Lipinski definition) is 17. The standard InChI is InChI=1S/C51H62N6O16/c1-10-51(72-46(66)29-16-15-26(54-42(61)25(6)53-43(62)36(52)23(2)3)19-35(29)70-47-40(60)38(58)39(59)41(71-47)45(64)65)32-20-34-37-30(21-57(34)44(63)31(32)22-69-48(51)67)27(28-13-11-12-14-33(28)55-37)17-18-56(24(4)5)49(68)73-50(7,8)9/h11-16,19-20,23-25,36,38-41,47,58-60H,10,17-18,21-22,52H2,1-9H3,(H,53,62)(H,54,61)(H,64,65)/t25-,36-,38-,39-,40+,41-,47+,51-/m0/s1. The van der Waals surface area contributed by atoms with Crippen molar-refractivity contribution in [1.82, 2.24) is 19.8 Å². The number of hydrogen-bond donors (Lipinski definition) is 7. The lowest BCUT2D eigenvalue weighted by Crippen LogP contribution is -2.61. The molecule has 5 heterocycles. The largest absolute Gasteiger partial charge is 0.479 e. The molecule has 8 N–H and O–H groups in total. The van der Waals surface area contributed by atoms with Gasteiger partial charge >= 0.3 is 24.0 Å². The van der Waals surface area contributed by atoms with Gasteiger partial charge in [-0.2, -0.15) is 0 Å². The second-order valence-electron chi connectivity index (χ2n) is 20.0. The highest BCUT2D eigenvalue weighted by Gasteiger charge is 2.52. The monoisotopic (exact) mass is 1010 g/mol. The number of aliphatic carboxylic acids is 1. The molecule has 7 rings (SSSR count). The van der Waals surface area contributed by atoms with Crippen LogP contribution >= 0.6 is 0 Å². The number of nitrogens with zero attached hydrogens (tertiary/aromatic N) is 3. The number of ether oxygens (including phenoxy) is 5. The SMILES string of the molecule is CC[C@@]1(OC(=O)c2ccc(NC(=O)[C@H](C)NC(=O)[C@@H](N)C(C)C)cc2O[C@@H]2O[C@H](C(=O)O)[C@@H](O)[C@H](O)[C@H]2O)C(=O)OCc2c1cc1n(c2=O)Cc2c-1nc1ccccc1c2CCN(C(=O)OC(C)(C)C)C(C)C. The summed E-state index contributed by atoms with van der Waals surface area (Å²) in [6, 6.07) is 10.2. The smallest absolute Gasteiger partial charge is 0.410 e. The number of esters is 2. The van der Waals surface area contributed by atoms with E-state index in [1.54, 1.807) is 45.6 Å². The molecule has 8 atom stereocenters. The first kappa shape index (κ1) is 53.8. The number of carboxylic acids is 1. The Morgan fingerprint density at radius 2 is 1.66 bits per heavy atom. The van der Waals surface area contributed by atoms with Gasteiger partial charge in [0.25, 0.3) is 5.56 Å². The van der Waals surface area contributed by atoms with Crippen molar-refractivity contribution < 1.29 is 72.9 Å². The van der Waals surface area contributed by atoms with Crippen molar-refractivity contribution in [3.8, 4) is 17.1 Å². The second-order valence-corrected chi connectivity index (χ2v) is 20.0. The number of carboxylic acid groups (broad SMARTS) is 1. The number of aliphatic hydroxyl groups excluding tert-OH is 3.